The SMILES string of the molecule is Cc1ccc(C)c(OCCCn2nc(C)c(C)c(C#N)c2=O)c1. The van der Waals surface area contributed by atoms with Crippen LogP contribution in [0.4, 0.5) is 0 Å². The van der Waals surface area contributed by atoms with Crippen LogP contribution in [0.15, 0.2) is 23.0 Å². The van der Waals surface area contributed by atoms with Gasteiger partial charge in [-0.3, -0.25) is 4.79 Å². The molecule has 2 aromatic rings. The molecule has 1 aromatic carbocycles. The van der Waals surface area contributed by atoms with Gasteiger partial charge in [-0.15, -0.1) is 0 Å². The molecular formula is C18H21N3O2. The molecule has 0 atom stereocenters. The Kier molecular flexibility index (Phi) is 5.17. The number of nitriles is 1. The van der Waals surface area contributed by atoms with Crippen molar-refractivity contribution in [1.29, 1.82) is 5.26 Å². The van der Waals surface area contributed by atoms with Gasteiger partial charge in [0.25, 0.3) is 5.56 Å². The van der Waals surface area contributed by atoms with Gasteiger partial charge in [-0.05, 0) is 50.5 Å². The molecule has 0 saturated carbocycles. The summed E-state index contributed by atoms with van der Waals surface area (Å²) in [4.78, 5) is 12.2. The van der Waals surface area contributed by atoms with E-state index < -0.39 is 0 Å². The topological polar surface area (TPSA) is 67.9 Å². The molecule has 5 nitrogen and oxygen atoms in total. The van der Waals surface area contributed by atoms with Crippen molar-refractivity contribution in [3.05, 3.63) is 56.5 Å². The van der Waals surface area contributed by atoms with Gasteiger partial charge in [-0.1, -0.05) is 12.1 Å². The molecule has 0 aliphatic carbocycles. The number of nitrogens with zero attached hydrogens (tertiary/aromatic N) is 3. The maximum atomic E-state index is 12.2. The highest BCUT2D eigenvalue weighted by molar-refractivity contribution is 5.36. The lowest BCUT2D eigenvalue weighted by molar-refractivity contribution is 0.294. The summed E-state index contributed by atoms with van der Waals surface area (Å²) in [6.07, 6.45) is 0.646. The summed E-state index contributed by atoms with van der Waals surface area (Å²) in [7, 11) is 0. The molecule has 0 N–H and O–H groups in total. The third-order valence-electron chi connectivity index (χ3n) is 3.86. The fraction of sp³-hybridized carbons (Fsp3) is 0.389. The van der Waals surface area contributed by atoms with Crippen LogP contribution in [0.2, 0.25) is 0 Å². The number of hydrogen-bond donors (Lipinski definition) is 0. The fourth-order valence-corrected chi connectivity index (χ4v) is 2.31. The number of benzene rings is 1. The van der Waals surface area contributed by atoms with Crippen molar-refractivity contribution in [2.45, 2.75) is 40.7 Å². The molecule has 0 saturated heterocycles. The highest BCUT2D eigenvalue weighted by atomic mass is 16.5. The molecule has 0 radical (unpaired) electrons. The predicted octanol–water partition coefficient (Wildman–Crippen LogP) is 2.82. The number of ether oxygens (including phenoxy) is 1. The summed E-state index contributed by atoms with van der Waals surface area (Å²) < 4.78 is 7.14. The van der Waals surface area contributed by atoms with Crippen molar-refractivity contribution in [2.75, 3.05) is 6.61 Å². The normalized spacial score (nSPS) is 10.4. The summed E-state index contributed by atoms with van der Waals surface area (Å²) in [5.74, 6) is 0.864. The first-order valence-corrected chi connectivity index (χ1v) is 7.62. The van der Waals surface area contributed by atoms with E-state index in [4.69, 9.17) is 10.00 Å². The van der Waals surface area contributed by atoms with Crippen LogP contribution >= 0.6 is 0 Å². The first-order chi connectivity index (χ1) is 10.9. The zero-order valence-corrected chi connectivity index (χ0v) is 14.0. The maximum Gasteiger partial charge on any atom is 0.284 e. The van der Waals surface area contributed by atoms with E-state index in [0.29, 0.717) is 30.8 Å². The number of hydrogen-bond acceptors (Lipinski definition) is 4. The van der Waals surface area contributed by atoms with Gasteiger partial charge in [0.2, 0.25) is 0 Å². The van der Waals surface area contributed by atoms with E-state index in [1.165, 1.54) is 4.68 Å². The molecule has 5 heteroatoms. The minimum absolute atomic E-state index is 0.174. The first-order valence-electron chi connectivity index (χ1n) is 7.62. The summed E-state index contributed by atoms with van der Waals surface area (Å²) in [6.45, 7) is 8.50. The molecule has 2 rings (SSSR count). The van der Waals surface area contributed by atoms with Gasteiger partial charge in [0.1, 0.15) is 17.4 Å². The van der Waals surface area contributed by atoms with E-state index in [0.717, 1.165) is 16.9 Å². The fourth-order valence-electron chi connectivity index (χ4n) is 2.31. The maximum absolute atomic E-state index is 12.2. The summed E-state index contributed by atoms with van der Waals surface area (Å²) in [5, 5.41) is 13.4. The monoisotopic (exact) mass is 311 g/mol. The Morgan fingerprint density at radius 2 is 2.00 bits per heavy atom. The molecule has 1 aromatic heterocycles. The Hall–Kier alpha value is -2.61. The van der Waals surface area contributed by atoms with E-state index in [2.05, 4.69) is 5.10 Å². The molecule has 0 bridgehead atoms. The highest BCUT2D eigenvalue weighted by Crippen LogP contribution is 2.19. The Balaban J connectivity index is 2.03. The summed E-state index contributed by atoms with van der Waals surface area (Å²) in [5.41, 5.74) is 3.44. The minimum atomic E-state index is -0.331. The van der Waals surface area contributed by atoms with Crippen LogP contribution < -0.4 is 10.3 Å². The van der Waals surface area contributed by atoms with Crippen molar-refractivity contribution >= 4 is 0 Å². The van der Waals surface area contributed by atoms with E-state index in [1.807, 2.05) is 38.1 Å². The molecule has 0 aliphatic heterocycles. The summed E-state index contributed by atoms with van der Waals surface area (Å²) in [6, 6.07) is 8.05. The smallest absolute Gasteiger partial charge is 0.284 e. The third kappa shape index (κ3) is 3.78. The Morgan fingerprint density at radius 1 is 1.26 bits per heavy atom. The first kappa shape index (κ1) is 16.8. The molecular weight excluding hydrogens is 290 g/mol. The van der Waals surface area contributed by atoms with Crippen molar-refractivity contribution in [3.63, 3.8) is 0 Å². The predicted molar refractivity (Wildman–Crippen MR) is 88.7 cm³/mol. The number of rotatable bonds is 5. The van der Waals surface area contributed by atoms with Gasteiger partial charge in [-0.25, -0.2) is 4.68 Å². The lowest BCUT2D eigenvalue weighted by Gasteiger charge is -2.11. The standard InChI is InChI=1S/C18H21N3O2/c1-12-6-7-13(2)17(10-12)23-9-5-8-21-18(22)16(11-19)14(3)15(4)20-21/h6-7,10H,5,8-9H2,1-4H3. The average molecular weight is 311 g/mol. The zero-order valence-electron chi connectivity index (χ0n) is 14.0. The van der Waals surface area contributed by atoms with Crippen LogP contribution in [0, 0.1) is 39.0 Å². The molecule has 120 valence electrons. The van der Waals surface area contributed by atoms with E-state index in [-0.39, 0.29) is 11.1 Å². The van der Waals surface area contributed by atoms with Gasteiger partial charge >= 0.3 is 0 Å². The lowest BCUT2D eigenvalue weighted by Crippen LogP contribution is -2.28. The lowest BCUT2D eigenvalue weighted by atomic mass is 10.1. The Labute approximate surface area is 136 Å². The van der Waals surface area contributed by atoms with Crippen LogP contribution in [0.3, 0.4) is 0 Å². The second-order valence-corrected chi connectivity index (χ2v) is 5.70. The van der Waals surface area contributed by atoms with E-state index in [9.17, 15) is 4.79 Å². The van der Waals surface area contributed by atoms with Gasteiger partial charge in [0, 0.05) is 13.0 Å². The summed E-state index contributed by atoms with van der Waals surface area (Å²) >= 11 is 0. The highest BCUT2D eigenvalue weighted by Gasteiger charge is 2.11. The van der Waals surface area contributed by atoms with Crippen molar-refractivity contribution < 1.29 is 4.74 Å². The molecule has 23 heavy (non-hydrogen) atoms. The largest absolute Gasteiger partial charge is 0.493 e. The Bertz CT molecular complexity index is 816. The van der Waals surface area contributed by atoms with Crippen molar-refractivity contribution in [1.82, 2.24) is 9.78 Å². The zero-order chi connectivity index (χ0) is 17.0. The van der Waals surface area contributed by atoms with Crippen molar-refractivity contribution in [2.24, 2.45) is 0 Å². The molecule has 0 aliphatic rings. The van der Waals surface area contributed by atoms with Crippen LogP contribution in [0.1, 0.15) is 34.4 Å². The van der Waals surface area contributed by atoms with Crippen LogP contribution in [-0.4, -0.2) is 16.4 Å². The van der Waals surface area contributed by atoms with E-state index in [1.54, 1.807) is 13.8 Å². The van der Waals surface area contributed by atoms with Gasteiger partial charge in [-0.2, -0.15) is 10.4 Å². The second-order valence-electron chi connectivity index (χ2n) is 5.70. The quantitative estimate of drug-likeness (QED) is 0.796. The second kappa shape index (κ2) is 7.10. The molecule has 0 unspecified atom stereocenters. The van der Waals surface area contributed by atoms with Gasteiger partial charge in [0.05, 0.1) is 12.3 Å². The number of aromatic nitrogens is 2. The molecule has 0 amide bonds. The van der Waals surface area contributed by atoms with Gasteiger partial charge < -0.3 is 4.74 Å². The van der Waals surface area contributed by atoms with E-state index >= 15 is 0 Å². The molecule has 0 fully saturated rings. The van der Waals surface area contributed by atoms with Crippen molar-refractivity contribution in [3.8, 4) is 11.8 Å². The van der Waals surface area contributed by atoms with Crippen LogP contribution in [0.5, 0.6) is 5.75 Å². The average Bonchev–Trinajstić information content (AvgIpc) is 2.52. The van der Waals surface area contributed by atoms with Crippen LogP contribution in [-0.2, 0) is 6.54 Å². The molecule has 1 heterocycles. The van der Waals surface area contributed by atoms with Crippen LogP contribution in [0.25, 0.3) is 0 Å². The number of aryl methyl sites for hydroxylation is 4. The van der Waals surface area contributed by atoms with Gasteiger partial charge in [0.15, 0.2) is 0 Å². The molecule has 0 spiro atoms. The Morgan fingerprint density at radius 3 is 2.70 bits per heavy atom. The third-order valence-corrected chi connectivity index (χ3v) is 3.86. The minimum Gasteiger partial charge on any atom is -0.493 e.